The summed E-state index contributed by atoms with van der Waals surface area (Å²) in [6.07, 6.45) is -4.63. The molecule has 0 atom stereocenters. The lowest BCUT2D eigenvalue weighted by Crippen LogP contribution is -2.34. The largest absolute Gasteiger partial charge is 0.405 e. The van der Waals surface area contributed by atoms with Crippen molar-refractivity contribution in [2.75, 3.05) is 6.54 Å². The van der Waals surface area contributed by atoms with Crippen molar-refractivity contribution in [3.63, 3.8) is 0 Å². The highest BCUT2D eigenvalue weighted by molar-refractivity contribution is 5.94. The number of amides is 1. The molecule has 7 heteroatoms. The summed E-state index contributed by atoms with van der Waals surface area (Å²) >= 11 is 0. The Kier molecular flexibility index (Phi) is 3.46. The molecule has 0 aliphatic rings. The predicted octanol–water partition coefficient (Wildman–Crippen LogP) is 2.26. The van der Waals surface area contributed by atoms with Crippen LogP contribution in [-0.2, 0) is 0 Å². The van der Waals surface area contributed by atoms with Crippen molar-refractivity contribution >= 4 is 5.91 Å². The summed E-state index contributed by atoms with van der Waals surface area (Å²) in [4.78, 5) is 11.0. The fourth-order valence-electron chi connectivity index (χ4n) is 0.984. The van der Waals surface area contributed by atoms with Crippen LogP contribution >= 0.6 is 0 Å². The van der Waals surface area contributed by atoms with Gasteiger partial charge < -0.3 is 5.32 Å². The van der Waals surface area contributed by atoms with E-state index in [1.807, 2.05) is 0 Å². The monoisotopic (exact) mass is 239 g/mol. The van der Waals surface area contributed by atoms with Crippen molar-refractivity contribution in [2.45, 2.75) is 6.18 Å². The molecule has 0 saturated heterocycles. The van der Waals surface area contributed by atoms with Crippen LogP contribution in [0.4, 0.5) is 22.0 Å². The number of nitrogens with one attached hydrogen (secondary N) is 1. The third-order valence-corrected chi connectivity index (χ3v) is 1.64. The van der Waals surface area contributed by atoms with Crippen LogP contribution in [0.5, 0.6) is 0 Å². The average Bonchev–Trinajstić information content (AvgIpc) is 2.13. The molecule has 0 spiro atoms. The smallest absolute Gasteiger partial charge is 0.343 e. The average molecular weight is 239 g/mol. The van der Waals surface area contributed by atoms with Gasteiger partial charge in [0.2, 0.25) is 0 Å². The lowest BCUT2D eigenvalue weighted by molar-refractivity contribution is -0.123. The maximum Gasteiger partial charge on any atom is 0.405 e. The SMILES string of the molecule is O=C(NCC(F)(F)F)c1c(F)cccc1F. The van der Waals surface area contributed by atoms with Crippen LogP contribution < -0.4 is 5.32 Å². The highest BCUT2D eigenvalue weighted by Crippen LogP contribution is 2.15. The summed E-state index contributed by atoms with van der Waals surface area (Å²) in [5.74, 6) is -3.85. The van der Waals surface area contributed by atoms with Gasteiger partial charge in [-0.1, -0.05) is 6.07 Å². The van der Waals surface area contributed by atoms with Gasteiger partial charge in [-0.2, -0.15) is 13.2 Å². The van der Waals surface area contributed by atoms with Gasteiger partial charge in [0.05, 0.1) is 0 Å². The third kappa shape index (κ3) is 3.18. The Labute approximate surface area is 87.1 Å². The van der Waals surface area contributed by atoms with Crippen molar-refractivity contribution in [2.24, 2.45) is 0 Å². The van der Waals surface area contributed by atoms with Crippen molar-refractivity contribution in [1.29, 1.82) is 0 Å². The van der Waals surface area contributed by atoms with E-state index < -0.39 is 35.8 Å². The number of rotatable bonds is 2. The van der Waals surface area contributed by atoms with Crippen LogP contribution in [0, 0.1) is 11.6 Å². The lowest BCUT2D eigenvalue weighted by Gasteiger charge is -2.09. The third-order valence-electron chi connectivity index (χ3n) is 1.64. The molecule has 0 heterocycles. The number of hydrogen-bond acceptors (Lipinski definition) is 1. The fraction of sp³-hybridized carbons (Fsp3) is 0.222. The molecule has 1 aromatic rings. The van der Waals surface area contributed by atoms with E-state index in [2.05, 4.69) is 0 Å². The molecule has 1 aromatic carbocycles. The summed E-state index contributed by atoms with van der Waals surface area (Å²) in [7, 11) is 0. The lowest BCUT2D eigenvalue weighted by atomic mass is 10.2. The van der Waals surface area contributed by atoms with Gasteiger partial charge >= 0.3 is 6.18 Å². The van der Waals surface area contributed by atoms with Crippen LogP contribution in [0.15, 0.2) is 18.2 Å². The number of halogens is 5. The second-order valence-corrected chi connectivity index (χ2v) is 2.89. The van der Waals surface area contributed by atoms with Gasteiger partial charge in [-0.05, 0) is 12.1 Å². The number of carbonyl (C=O) groups excluding carboxylic acids is 1. The Hall–Kier alpha value is -1.66. The standard InChI is InChI=1S/C9H6F5NO/c10-5-2-1-3-6(11)7(5)8(16)15-4-9(12,13)14/h1-3H,4H2,(H,15,16). The maximum absolute atomic E-state index is 12.9. The molecule has 1 amide bonds. The normalized spacial score (nSPS) is 11.3. The highest BCUT2D eigenvalue weighted by Gasteiger charge is 2.29. The first-order valence-electron chi connectivity index (χ1n) is 4.10. The zero-order valence-electron chi connectivity index (χ0n) is 7.74. The Bertz CT molecular complexity index is 381. The molecular formula is C9H6F5NO. The van der Waals surface area contributed by atoms with E-state index in [1.54, 1.807) is 0 Å². The molecule has 0 aliphatic heterocycles. The molecule has 0 unspecified atom stereocenters. The second kappa shape index (κ2) is 4.46. The zero-order valence-corrected chi connectivity index (χ0v) is 7.74. The van der Waals surface area contributed by atoms with Gasteiger partial charge in [0.25, 0.3) is 5.91 Å². The zero-order chi connectivity index (χ0) is 12.3. The van der Waals surface area contributed by atoms with Gasteiger partial charge in [-0.25, -0.2) is 8.78 Å². The molecule has 1 rings (SSSR count). The molecule has 16 heavy (non-hydrogen) atoms. The molecular weight excluding hydrogens is 233 g/mol. The second-order valence-electron chi connectivity index (χ2n) is 2.89. The molecule has 88 valence electrons. The van der Waals surface area contributed by atoms with Crippen LogP contribution in [0.3, 0.4) is 0 Å². The summed E-state index contributed by atoms with van der Waals surface area (Å²) in [5, 5.41) is 1.38. The summed E-state index contributed by atoms with van der Waals surface area (Å²) in [5.41, 5.74) is -1.02. The summed E-state index contributed by atoms with van der Waals surface area (Å²) in [6.45, 7) is -1.64. The van der Waals surface area contributed by atoms with E-state index in [-0.39, 0.29) is 0 Å². The van der Waals surface area contributed by atoms with E-state index in [0.29, 0.717) is 0 Å². The minimum Gasteiger partial charge on any atom is -0.343 e. The molecule has 0 fully saturated rings. The van der Waals surface area contributed by atoms with Crippen molar-refractivity contribution in [3.05, 3.63) is 35.4 Å². The molecule has 0 bridgehead atoms. The van der Waals surface area contributed by atoms with Gasteiger partial charge in [-0.3, -0.25) is 4.79 Å². The quantitative estimate of drug-likeness (QED) is 0.788. The van der Waals surface area contributed by atoms with E-state index in [4.69, 9.17) is 0 Å². The van der Waals surface area contributed by atoms with Crippen molar-refractivity contribution < 1.29 is 26.7 Å². The Morgan fingerprint density at radius 1 is 1.19 bits per heavy atom. The van der Waals surface area contributed by atoms with Crippen LogP contribution in [-0.4, -0.2) is 18.6 Å². The Balaban J connectivity index is 2.81. The minimum absolute atomic E-state index is 0.783. The molecule has 0 aliphatic carbocycles. The topological polar surface area (TPSA) is 29.1 Å². The van der Waals surface area contributed by atoms with Crippen molar-refractivity contribution in [1.82, 2.24) is 5.32 Å². The van der Waals surface area contributed by atoms with Gasteiger partial charge in [0, 0.05) is 0 Å². The molecule has 0 radical (unpaired) electrons. The van der Waals surface area contributed by atoms with Crippen LogP contribution in [0.25, 0.3) is 0 Å². The van der Waals surface area contributed by atoms with Crippen molar-refractivity contribution in [3.8, 4) is 0 Å². The van der Waals surface area contributed by atoms with E-state index >= 15 is 0 Å². The highest BCUT2D eigenvalue weighted by atomic mass is 19.4. The predicted molar refractivity (Wildman–Crippen MR) is 44.7 cm³/mol. The van der Waals surface area contributed by atoms with Gasteiger partial charge in [0.15, 0.2) is 0 Å². The maximum atomic E-state index is 12.9. The number of hydrogen-bond donors (Lipinski definition) is 1. The first-order chi connectivity index (χ1) is 7.31. The fourth-order valence-corrected chi connectivity index (χ4v) is 0.984. The van der Waals surface area contributed by atoms with Gasteiger partial charge in [-0.15, -0.1) is 0 Å². The number of carbonyl (C=O) groups is 1. The Morgan fingerprint density at radius 3 is 2.12 bits per heavy atom. The van der Waals surface area contributed by atoms with E-state index in [0.717, 1.165) is 18.2 Å². The molecule has 2 nitrogen and oxygen atoms in total. The Morgan fingerprint density at radius 2 is 1.69 bits per heavy atom. The van der Waals surface area contributed by atoms with Crippen LogP contribution in [0.2, 0.25) is 0 Å². The minimum atomic E-state index is -4.63. The summed E-state index contributed by atoms with van der Waals surface area (Å²) in [6, 6.07) is 2.57. The molecule has 1 N–H and O–H groups in total. The molecule has 0 aromatic heterocycles. The first kappa shape index (κ1) is 12.4. The van der Waals surface area contributed by atoms with Crippen LogP contribution in [0.1, 0.15) is 10.4 Å². The van der Waals surface area contributed by atoms with E-state index in [9.17, 15) is 26.7 Å². The van der Waals surface area contributed by atoms with E-state index in [1.165, 1.54) is 5.32 Å². The number of benzene rings is 1. The first-order valence-corrected chi connectivity index (χ1v) is 4.10. The number of alkyl halides is 3. The summed E-state index contributed by atoms with van der Waals surface area (Å²) < 4.78 is 61.1. The molecule has 0 saturated carbocycles. The van der Waals surface area contributed by atoms with Gasteiger partial charge in [0.1, 0.15) is 23.7 Å².